The molecule has 6 heteroatoms. The minimum atomic E-state index is 0. The predicted molar refractivity (Wildman–Crippen MR) is 86.0 cm³/mol. The van der Waals surface area contributed by atoms with Crippen LogP contribution in [0.5, 0.6) is 5.75 Å². The molecule has 0 spiro atoms. The molecule has 1 fully saturated rings. The zero-order valence-corrected chi connectivity index (χ0v) is 13.4. The second kappa shape index (κ2) is 8.87. The highest BCUT2D eigenvalue weighted by molar-refractivity contribution is 5.85. The van der Waals surface area contributed by atoms with Gasteiger partial charge in [-0.05, 0) is 13.0 Å². The smallest absolute Gasteiger partial charge is 0.234 e. The van der Waals surface area contributed by atoms with Crippen LogP contribution in [-0.4, -0.2) is 50.1 Å². The van der Waals surface area contributed by atoms with Crippen LogP contribution in [0, 0.1) is 0 Å². The molecule has 1 unspecified atom stereocenters. The largest absolute Gasteiger partial charge is 0.496 e. The van der Waals surface area contributed by atoms with Gasteiger partial charge >= 0.3 is 0 Å². The lowest BCUT2D eigenvalue weighted by Crippen LogP contribution is -2.51. The average Bonchev–Trinajstić information content (AvgIpc) is 2.45. The Balaban J connectivity index is 0.00000220. The third-order valence-electron chi connectivity index (χ3n) is 3.49. The molecule has 1 amide bonds. The fourth-order valence-corrected chi connectivity index (χ4v) is 2.46. The van der Waals surface area contributed by atoms with Crippen molar-refractivity contribution in [3.63, 3.8) is 0 Å². The van der Waals surface area contributed by atoms with Crippen LogP contribution in [0.15, 0.2) is 24.3 Å². The van der Waals surface area contributed by atoms with Crippen LogP contribution in [0.25, 0.3) is 0 Å². The number of nitrogens with one attached hydrogen (secondary N) is 2. The molecule has 2 rings (SSSR count). The number of rotatable bonds is 5. The number of carbonyl (C=O) groups is 1. The molecular weight excluding hydrogens is 290 g/mol. The maximum atomic E-state index is 12.0. The van der Waals surface area contributed by atoms with Gasteiger partial charge in [0.1, 0.15) is 5.75 Å². The minimum Gasteiger partial charge on any atom is -0.496 e. The Morgan fingerprint density at radius 1 is 1.48 bits per heavy atom. The molecule has 5 nitrogen and oxygen atoms in total. The molecule has 1 aromatic rings. The van der Waals surface area contributed by atoms with E-state index in [-0.39, 0.29) is 18.3 Å². The molecule has 1 saturated heterocycles. The normalized spacial score (nSPS) is 18.7. The molecule has 0 radical (unpaired) electrons. The van der Waals surface area contributed by atoms with Crippen LogP contribution in [-0.2, 0) is 11.3 Å². The lowest BCUT2D eigenvalue weighted by molar-refractivity contribution is -0.122. The van der Waals surface area contributed by atoms with Gasteiger partial charge in [0.25, 0.3) is 0 Å². The lowest BCUT2D eigenvalue weighted by atomic mass is 10.2. The van der Waals surface area contributed by atoms with E-state index in [0.29, 0.717) is 19.1 Å². The number of piperazine rings is 1. The molecule has 1 aromatic carbocycles. The van der Waals surface area contributed by atoms with Gasteiger partial charge in [-0.15, -0.1) is 12.4 Å². The Bertz CT molecular complexity index is 456. The topological polar surface area (TPSA) is 53.6 Å². The number of amides is 1. The number of nitrogens with zero attached hydrogens (tertiary/aromatic N) is 1. The Labute approximate surface area is 132 Å². The molecule has 0 saturated carbocycles. The molecule has 0 aliphatic carbocycles. The van der Waals surface area contributed by atoms with Gasteiger partial charge in [0.2, 0.25) is 5.91 Å². The summed E-state index contributed by atoms with van der Waals surface area (Å²) in [6.45, 7) is 5.89. The van der Waals surface area contributed by atoms with E-state index in [9.17, 15) is 4.79 Å². The van der Waals surface area contributed by atoms with Crippen molar-refractivity contribution in [2.24, 2.45) is 0 Å². The van der Waals surface area contributed by atoms with Crippen LogP contribution < -0.4 is 15.4 Å². The summed E-state index contributed by atoms with van der Waals surface area (Å²) in [7, 11) is 1.64. The maximum absolute atomic E-state index is 12.0. The van der Waals surface area contributed by atoms with Gasteiger partial charge in [-0.2, -0.15) is 0 Å². The molecule has 0 bridgehead atoms. The summed E-state index contributed by atoms with van der Waals surface area (Å²) in [5.41, 5.74) is 0.997. The highest BCUT2D eigenvalue weighted by Crippen LogP contribution is 2.16. The summed E-state index contributed by atoms with van der Waals surface area (Å²) < 4.78 is 5.27. The van der Waals surface area contributed by atoms with E-state index < -0.39 is 0 Å². The standard InChI is InChI=1S/C15H23N3O2.ClH/c1-12-10-18(8-7-16-12)11-15(19)17-9-13-5-3-4-6-14(13)20-2;/h3-6,12,16H,7-11H2,1-2H3,(H,17,19);1H. The summed E-state index contributed by atoms with van der Waals surface area (Å²) in [4.78, 5) is 14.2. The monoisotopic (exact) mass is 313 g/mol. The fraction of sp³-hybridized carbons (Fsp3) is 0.533. The zero-order valence-electron chi connectivity index (χ0n) is 12.6. The summed E-state index contributed by atoms with van der Waals surface area (Å²) in [5, 5.41) is 6.32. The van der Waals surface area contributed by atoms with Crippen molar-refractivity contribution in [2.75, 3.05) is 33.3 Å². The van der Waals surface area contributed by atoms with Gasteiger partial charge < -0.3 is 15.4 Å². The first-order chi connectivity index (χ1) is 9.69. The quantitative estimate of drug-likeness (QED) is 0.852. The molecule has 21 heavy (non-hydrogen) atoms. The Hall–Kier alpha value is -1.30. The molecule has 0 aromatic heterocycles. The van der Waals surface area contributed by atoms with E-state index in [1.165, 1.54) is 0 Å². The second-order valence-electron chi connectivity index (χ2n) is 5.18. The van der Waals surface area contributed by atoms with E-state index in [2.05, 4.69) is 22.5 Å². The van der Waals surface area contributed by atoms with E-state index >= 15 is 0 Å². The first-order valence-corrected chi connectivity index (χ1v) is 7.03. The van der Waals surface area contributed by atoms with Crippen LogP contribution in [0.3, 0.4) is 0 Å². The Morgan fingerprint density at radius 2 is 2.24 bits per heavy atom. The van der Waals surface area contributed by atoms with Gasteiger partial charge in [0, 0.05) is 37.8 Å². The van der Waals surface area contributed by atoms with E-state index in [4.69, 9.17) is 4.74 Å². The molecule has 2 N–H and O–H groups in total. The Morgan fingerprint density at radius 3 is 2.95 bits per heavy atom. The zero-order chi connectivity index (χ0) is 14.4. The van der Waals surface area contributed by atoms with Gasteiger partial charge in [0.15, 0.2) is 0 Å². The predicted octanol–water partition coefficient (Wildman–Crippen LogP) is 1.03. The highest BCUT2D eigenvalue weighted by Gasteiger charge is 2.17. The van der Waals surface area contributed by atoms with Crippen LogP contribution in [0.2, 0.25) is 0 Å². The van der Waals surface area contributed by atoms with Crippen molar-refractivity contribution >= 4 is 18.3 Å². The van der Waals surface area contributed by atoms with Gasteiger partial charge in [-0.3, -0.25) is 9.69 Å². The number of para-hydroxylation sites is 1. The average molecular weight is 314 g/mol. The second-order valence-corrected chi connectivity index (χ2v) is 5.18. The third kappa shape index (κ3) is 5.53. The first-order valence-electron chi connectivity index (χ1n) is 7.03. The molecular formula is C15H24ClN3O2. The van der Waals surface area contributed by atoms with E-state index in [1.54, 1.807) is 7.11 Å². The van der Waals surface area contributed by atoms with E-state index in [0.717, 1.165) is 30.9 Å². The number of benzene rings is 1. The SMILES string of the molecule is COc1ccccc1CNC(=O)CN1CCNC(C)C1.Cl. The number of carbonyl (C=O) groups excluding carboxylic acids is 1. The van der Waals surface area contributed by atoms with Crippen LogP contribution >= 0.6 is 12.4 Å². The van der Waals surface area contributed by atoms with Crippen molar-refractivity contribution < 1.29 is 9.53 Å². The van der Waals surface area contributed by atoms with Crippen LogP contribution in [0.4, 0.5) is 0 Å². The summed E-state index contributed by atoms with van der Waals surface area (Å²) in [6.07, 6.45) is 0. The van der Waals surface area contributed by atoms with Gasteiger partial charge in [-0.1, -0.05) is 18.2 Å². The molecule has 1 heterocycles. The number of hydrogen-bond donors (Lipinski definition) is 2. The third-order valence-corrected chi connectivity index (χ3v) is 3.49. The Kier molecular flexibility index (Phi) is 7.50. The summed E-state index contributed by atoms with van der Waals surface area (Å²) in [6, 6.07) is 8.19. The van der Waals surface area contributed by atoms with Crippen molar-refractivity contribution in [3.8, 4) is 5.75 Å². The van der Waals surface area contributed by atoms with Crippen LogP contribution in [0.1, 0.15) is 12.5 Å². The minimum absolute atomic E-state index is 0. The number of hydrogen-bond acceptors (Lipinski definition) is 4. The van der Waals surface area contributed by atoms with Crippen molar-refractivity contribution in [1.29, 1.82) is 0 Å². The lowest BCUT2D eigenvalue weighted by Gasteiger charge is -2.31. The maximum Gasteiger partial charge on any atom is 0.234 e. The molecule has 1 atom stereocenters. The van der Waals surface area contributed by atoms with Crippen molar-refractivity contribution in [2.45, 2.75) is 19.5 Å². The summed E-state index contributed by atoms with van der Waals surface area (Å²) in [5.74, 6) is 0.869. The first kappa shape index (κ1) is 17.8. The van der Waals surface area contributed by atoms with Gasteiger partial charge in [-0.25, -0.2) is 0 Å². The molecule has 118 valence electrons. The van der Waals surface area contributed by atoms with Gasteiger partial charge in [0.05, 0.1) is 13.7 Å². The number of ether oxygens (including phenoxy) is 1. The highest BCUT2D eigenvalue weighted by atomic mass is 35.5. The molecule has 1 aliphatic rings. The van der Waals surface area contributed by atoms with Crippen molar-refractivity contribution in [3.05, 3.63) is 29.8 Å². The summed E-state index contributed by atoms with van der Waals surface area (Å²) >= 11 is 0. The van der Waals surface area contributed by atoms with Crippen molar-refractivity contribution in [1.82, 2.24) is 15.5 Å². The number of halogens is 1. The fourth-order valence-electron chi connectivity index (χ4n) is 2.46. The number of methoxy groups -OCH3 is 1. The van der Waals surface area contributed by atoms with E-state index in [1.807, 2.05) is 24.3 Å². The molecule has 1 aliphatic heterocycles.